The average Bonchev–Trinajstić information content (AvgIpc) is 2.94. The highest BCUT2D eigenvalue weighted by Gasteiger charge is 2.40. The molecular weight excluding hydrogens is 663 g/mol. The van der Waals surface area contributed by atoms with Crippen molar-refractivity contribution in [1.29, 1.82) is 5.26 Å². The van der Waals surface area contributed by atoms with Crippen molar-refractivity contribution in [3.63, 3.8) is 0 Å². The molecule has 0 bridgehead atoms. The van der Waals surface area contributed by atoms with Gasteiger partial charge in [0, 0.05) is 57.5 Å². The number of thiocyanates is 1. The Morgan fingerprint density at radius 2 is 1.17 bits per heavy atom. The van der Waals surface area contributed by atoms with Gasteiger partial charge >= 0.3 is 17.6 Å². The van der Waals surface area contributed by atoms with Crippen molar-refractivity contribution in [2.75, 3.05) is 51.1 Å². The summed E-state index contributed by atoms with van der Waals surface area (Å²) in [5, 5.41) is 11.8. The van der Waals surface area contributed by atoms with Crippen molar-refractivity contribution in [3.05, 3.63) is 6.92 Å². The zero-order chi connectivity index (χ0) is 31.7. The van der Waals surface area contributed by atoms with Gasteiger partial charge in [-0.25, -0.2) is 0 Å². The van der Waals surface area contributed by atoms with E-state index in [4.69, 9.17) is 26.6 Å². The maximum absolute atomic E-state index is 9.43. The maximum Gasteiger partial charge on any atom is 0.500 e. The molecule has 0 aromatic carbocycles. The highest BCUT2D eigenvalue weighted by Crippen LogP contribution is 2.60. The lowest BCUT2D eigenvalue weighted by atomic mass is 10.1. The highest BCUT2D eigenvalue weighted by atomic mass is 33.7. The molecule has 0 aromatic heterocycles. The first-order chi connectivity index (χ1) is 20.2. The van der Waals surface area contributed by atoms with E-state index in [-0.39, 0.29) is 0 Å². The molecule has 0 heterocycles. The number of hydrogen-bond acceptors (Lipinski definition) is 11. The largest absolute Gasteiger partial charge is 0.500 e. The van der Waals surface area contributed by atoms with Crippen molar-refractivity contribution >= 4 is 69.7 Å². The van der Waals surface area contributed by atoms with Crippen molar-refractivity contribution in [3.8, 4) is 5.40 Å². The van der Waals surface area contributed by atoms with Crippen LogP contribution in [0.4, 0.5) is 0 Å². The number of thioether (sulfide) groups is 1. The van der Waals surface area contributed by atoms with E-state index >= 15 is 0 Å². The molecule has 1 radical (unpaired) electrons. The van der Waals surface area contributed by atoms with Gasteiger partial charge in [-0.2, -0.15) is 15.2 Å². The summed E-state index contributed by atoms with van der Waals surface area (Å²) >= 11 is 1.41. The van der Waals surface area contributed by atoms with Gasteiger partial charge < -0.3 is 26.6 Å². The molecule has 0 amide bonds. The van der Waals surface area contributed by atoms with Crippen LogP contribution in [0.15, 0.2) is 0 Å². The van der Waals surface area contributed by atoms with Crippen LogP contribution in [0.1, 0.15) is 87.5 Å². The molecule has 0 N–H and O–H groups in total. The molecule has 0 aliphatic carbocycles. The van der Waals surface area contributed by atoms with Gasteiger partial charge in [0.1, 0.15) is 5.40 Å². The van der Waals surface area contributed by atoms with Crippen LogP contribution in [0.3, 0.4) is 0 Å². The molecule has 7 nitrogen and oxygen atoms in total. The minimum absolute atomic E-state index is 0.292. The van der Waals surface area contributed by atoms with Gasteiger partial charge in [0.05, 0.1) is 4.58 Å². The van der Waals surface area contributed by atoms with E-state index in [0.717, 1.165) is 55.7 Å². The Kier molecular flexibility index (Phi) is 28.5. The first kappa shape index (κ1) is 43.4. The molecule has 0 aliphatic rings. The molecule has 14 heteroatoms. The first-order valence-electron chi connectivity index (χ1n) is 15.6. The summed E-state index contributed by atoms with van der Waals surface area (Å²) in [6, 6.07) is 1.73. The third-order valence-electron chi connectivity index (χ3n) is 6.32. The summed E-state index contributed by atoms with van der Waals surface area (Å²) < 4.78 is 36.5. The Morgan fingerprint density at radius 1 is 0.738 bits per heavy atom. The molecule has 0 aliphatic heterocycles. The fourth-order valence-electron chi connectivity index (χ4n) is 4.54. The third-order valence-corrected chi connectivity index (χ3v) is 25.1. The minimum Gasteiger partial charge on any atom is -0.374 e. The molecule has 0 rings (SSSR count). The van der Waals surface area contributed by atoms with Gasteiger partial charge in [0.2, 0.25) is 0 Å². The second kappa shape index (κ2) is 27.5. The Hall–Kier alpha value is 1.43. The lowest BCUT2D eigenvalue weighted by molar-refractivity contribution is 0.0696. The quantitative estimate of drug-likeness (QED) is 0.0253. The Bertz CT molecular complexity index is 651. The summed E-state index contributed by atoms with van der Waals surface area (Å²) in [4.78, 5) is 0. The molecule has 0 aromatic rings. The Morgan fingerprint density at radius 3 is 1.55 bits per heavy atom. The van der Waals surface area contributed by atoms with Crippen LogP contribution in [0.2, 0.25) is 12.1 Å². The molecule has 0 saturated carbocycles. The predicted molar refractivity (Wildman–Crippen MR) is 196 cm³/mol. The summed E-state index contributed by atoms with van der Waals surface area (Å²) in [5.41, 5.74) is 0. The predicted octanol–water partition coefficient (Wildman–Crippen LogP) is 9.63. The highest BCUT2D eigenvalue weighted by molar-refractivity contribution is 9.29. The Labute approximate surface area is 279 Å². The van der Waals surface area contributed by atoms with E-state index in [0.29, 0.717) is 56.1 Å². The van der Waals surface area contributed by atoms with Gasteiger partial charge in [0.15, 0.2) is 0 Å². The fraction of sp³-hybridized carbons (Fsp3) is 0.929. The molecule has 0 saturated heterocycles. The van der Waals surface area contributed by atoms with Crippen LogP contribution in [0.5, 0.6) is 0 Å². The van der Waals surface area contributed by atoms with E-state index in [1.54, 1.807) is 0 Å². The van der Waals surface area contributed by atoms with E-state index < -0.39 is 27.5 Å². The van der Waals surface area contributed by atoms with Gasteiger partial charge in [-0.1, -0.05) is 31.6 Å². The fourth-order valence-corrected chi connectivity index (χ4v) is 23.4. The van der Waals surface area contributed by atoms with Crippen LogP contribution >= 0.6 is 52.1 Å². The van der Waals surface area contributed by atoms with E-state index in [1.165, 1.54) is 11.8 Å². The van der Waals surface area contributed by atoms with Crippen molar-refractivity contribution in [2.45, 2.75) is 104 Å². The summed E-state index contributed by atoms with van der Waals surface area (Å²) in [7, 11) is 0.294. The summed E-state index contributed by atoms with van der Waals surface area (Å²) in [6.45, 7) is 24.6. The molecule has 251 valence electrons. The monoisotopic (exact) mass is 722 g/mol. The second-order valence-corrected chi connectivity index (χ2v) is 25.0. The molecule has 0 fully saturated rings. The second-order valence-electron chi connectivity index (χ2n) is 9.94. The number of nitriles is 1. The lowest BCUT2D eigenvalue weighted by Gasteiger charge is -2.31. The van der Waals surface area contributed by atoms with Crippen LogP contribution in [0.25, 0.3) is 0 Å². The molecule has 0 spiro atoms. The van der Waals surface area contributed by atoms with Crippen LogP contribution in [-0.2, 0) is 26.6 Å². The van der Waals surface area contributed by atoms with Gasteiger partial charge in [-0.3, -0.25) is 0 Å². The first-order valence-corrected chi connectivity index (χ1v) is 26.2. The van der Waals surface area contributed by atoms with E-state index in [2.05, 4.69) is 26.2 Å². The van der Waals surface area contributed by atoms with Crippen LogP contribution in [0, 0.1) is 29.4 Å². The third kappa shape index (κ3) is 19.2. The summed E-state index contributed by atoms with van der Waals surface area (Å²) in [6.07, 6.45) is 5.10. The van der Waals surface area contributed by atoms with Crippen molar-refractivity contribution in [2.24, 2.45) is 11.8 Å². The van der Waals surface area contributed by atoms with Gasteiger partial charge in [-0.05, 0) is 123 Å². The lowest BCUT2D eigenvalue weighted by Crippen LogP contribution is -2.46. The molecule has 4 unspecified atom stereocenters. The molecular formula is C28H60NO6S5Si2. The SMILES string of the molecule is [CH2]CC(SC#N)[SH](CC(C)CCC[Si](OCC)(OCC)OCC)SSSCC(C)CCC[Si](OCC)(OCC)OCC. The van der Waals surface area contributed by atoms with Crippen LogP contribution < -0.4 is 0 Å². The Balaban J connectivity index is 4.84. The standard InChI is InChI=1S/C28H60NO6S5Si2/c1-10-28(36-25-29)40(24-27(9)20-18-22-42(33-14-5,34-15-6)35-16-7)39-38-37-23-26(8)19-17-21-41(30-11-2,31-12-3)32-13-4/h26-28,40H,1,10-24H2,2-9H3. The summed E-state index contributed by atoms with van der Waals surface area (Å²) in [5.74, 6) is 3.39. The maximum atomic E-state index is 9.43. The van der Waals surface area contributed by atoms with Crippen LogP contribution in [-0.4, -0.2) is 73.3 Å². The topological polar surface area (TPSA) is 79.2 Å². The van der Waals surface area contributed by atoms with E-state index in [1.807, 2.05) is 72.0 Å². The normalized spacial score (nSPS) is 15.8. The smallest absolute Gasteiger partial charge is 0.374 e. The van der Waals surface area contributed by atoms with Crippen molar-refractivity contribution < 1.29 is 26.6 Å². The number of rotatable bonds is 30. The number of thiol groups is 1. The minimum atomic E-state index is -2.60. The molecule has 42 heavy (non-hydrogen) atoms. The van der Waals surface area contributed by atoms with Crippen molar-refractivity contribution in [1.82, 2.24) is 0 Å². The van der Waals surface area contributed by atoms with E-state index in [9.17, 15) is 5.26 Å². The number of hydrogen-bond donors (Lipinski definition) is 1. The number of nitrogens with zero attached hydrogens (tertiary/aromatic N) is 1. The van der Waals surface area contributed by atoms with Gasteiger partial charge in [0.25, 0.3) is 0 Å². The zero-order valence-electron chi connectivity index (χ0n) is 27.5. The zero-order valence-corrected chi connectivity index (χ0v) is 33.7. The van der Waals surface area contributed by atoms with Gasteiger partial charge in [-0.15, -0.1) is 0 Å². The molecule has 4 atom stereocenters. The average molecular weight is 723 g/mol.